The smallest absolute Gasteiger partial charge is 0.0521 e. The molecule has 0 aliphatic carbocycles. The largest absolute Gasteiger partial charge is 0.276 e. The molecule has 0 saturated carbocycles. The molecule has 2 heteroatoms. The predicted octanol–water partition coefficient (Wildman–Crippen LogP) is 2.64. The van der Waals surface area contributed by atoms with Crippen molar-refractivity contribution in [3.63, 3.8) is 0 Å². The van der Waals surface area contributed by atoms with Gasteiger partial charge < -0.3 is 0 Å². The lowest BCUT2D eigenvalue weighted by Gasteiger charge is -1.98. The first-order chi connectivity index (χ1) is 5.68. The highest BCUT2D eigenvalue weighted by molar-refractivity contribution is 5.03. The summed E-state index contributed by atoms with van der Waals surface area (Å²) in [7, 11) is 1.95. The first kappa shape index (κ1) is 11.2. The quantitative estimate of drug-likeness (QED) is 0.664. The van der Waals surface area contributed by atoms with Crippen molar-refractivity contribution >= 4 is 0 Å². The summed E-state index contributed by atoms with van der Waals surface area (Å²) >= 11 is 0. The van der Waals surface area contributed by atoms with Crippen LogP contribution >= 0.6 is 0 Å². The van der Waals surface area contributed by atoms with E-state index in [4.69, 9.17) is 0 Å². The van der Waals surface area contributed by atoms with Crippen LogP contribution < -0.4 is 0 Å². The van der Waals surface area contributed by atoms with Gasteiger partial charge in [-0.3, -0.25) is 4.68 Å². The van der Waals surface area contributed by atoms with E-state index in [1.165, 1.54) is 5.56 Å². The summed E-state index contributed by atoms with van der Waals surface area (Å²) in [4.78, 5) is 0. The molecule has 0 atom stereocenters. The number of hydrogen-bond donors (Lipinski definition) is 0. The minimum absolute atomic E-state index is 0.726. The third kappa shape index (κ3) is 4.16. The second-order valence-corrected chi connectivity index (χ2v) is 3.12. The molecular formula is C10H20N2. The van der Waals surface area contributed by atoms with Gasteiger partial charge in [0.1, 0.15) is 0 Å². The topological polar surface area (TPSA) is 17.8 Å². The number of aryl methyl sites for hydroxylation is 1. The molecule has 70 valence electrons. The Balaban J connectivity index is 0.000000561. The van der Waals surface area contributed by atoms with Crippen LogP contribution in [0.3, 0.4) is 0 Å². The van der Waals surface area contributed by atoms with Crippen LogP contribution in [0.25, 0.3) is 0 Å². The zero-order chi connectivity index (χ0) is 9.56. The summed E-state index contributed by atoms with van der Waals surface area (Å²) in [5, 5.41) is 4.09. The fraction of sp³-hybridized carbons (Fsp3) is 0.700. The highest BCUT2D eigenvalue weighted by Gasteiger charge is 1.98. The number of rotatable bonds is 2. The minimum Gasteiger partial charge on any atom is -0.276 e. The molecule has 0 saturated heterocycles. The van der Waals surface area contributed by atoms with Gasteiger partial charge in [-0.1, -0.05) is 27.7 Å². The molecule has 0 aliphatic heterocycles. The Hall–Kier alpha value is -0.790. The number of aromatic nitrogens is 2. The Kier molecular flexibility index (Phi) is 5.43. The second-order valence-electron chi connectivity index (χ2n) is 3.12. The maximum absolute atomic E-state index is 4.09. The van der Waals surface area contributed by atoms with E-state index in [1.807, 2.05) is 31.8 Å². The SMILES string of the molecule is CC.CC(C)Cc1cnn(C)c1. The maximum atomic E-state index is 4.09. The van der Waals surface area contributed by atoms with Crippen LogP contribution in [0.5, 0.6) is 0 Å². The van der Waals surface area contributed by atoms with Crippen LogP contribution in [0.2, 0.25) is 0 Å². The van der Waals surface area contributed by atoms with Gasteiger partial charge in [0.2, 0.25) is 0 Å². The van der Waals surface area contributed by atoms with E-state index in [0.29, 0.717) is 0 Å². The summed E-state index contributed by atoms with van der Waals surface area (Å²) in [5.41, 5.74) is 1.33. The molecule has 0 radical (unpaired) electrons. The van der Waals surface area contributed by atoms with E-state index in [0.717, 1.165) is 12.3 Å². The van der Waals surface area contributed by atoms with Crippen LogP contribution in [0.15, 0.2) is 12.4 Å². The summed E-state index contributed by atoms with van der Waals surface area (Å²) in [6.45, 7) is 8.43. The Bertz CT molecular complexity index is 201. The average Bonchev–Trinajstić information content (AvgIpc) is 2.39. The third-order valence-electron chi connectivity index (χ3n) is 1.40. The average molecular weight is 168 g/mol. The van der Waals surface area contributed by atoms with Crippen LogP contribution in [-0.2, 0) is 13.5 Å². The van der Waals surface area contributed by atoms with Gasteiger partial charge in [-0.2, -0.15) is 5.10 Å². The van der Waals surface area contributed by atoms with E-state index in [2.05, 4.69) is 25.1 Å². The zero-order valence-electron chi connectivity index (χ0n) is 8.83. The van der Waals surface area contributed by atoms with Gasteiger partial charge in [-0.25, -0.2) is 0 Å². The van der Waals surface area contributed by atoms with Crippen molar-refractivity contribution in [2.45, 2.75) is 34.1 Å². The fourth-order valence-corrected chi connectivity index (χ4v) is 1.05. The molecule has 0 unspecified atom stereocenters. The van der Waals surface area contributed by atoms with Crippen LogP contribution in [0.4, 0.5) is 0 Å². The van der Waals surface area contributed by atoms with Crippen molar-refractivity contribution in [3.8, 4) is 0 Å². The van der Waals surface area contributed by atoms with Crippen molar-refractivity contribution in [3.05, 3.63) is 18.0 Å². The molecule has 1 rings (SSSR count). The Morgan fingerprint density at radius 2 is 2.00 bits per heavy atom. The standard InChI is InChI=1S/C8H14N2.C2H6/c1-7(2)4-8-5-9-10(3)6-8;1-2/h5-7H,4H2,1-3H3;1-2H3. The monoisotopic (exact) mass is 168 g/mol. The normalized spacial score (nSPS) is 9.50. The Morgan fingerprint density at radius 1 is 1.42 bits per heavy atom. The number of nitrogens with zero attached hydrogens (tertiary/aromatic N) is 2. The molecule has 0 fully saturated rings. The molecule has 0 spiro atoms. The lowest BCUT2D eigenvalue weighted by atomic mass is 10.1. The summed E-state index contributed by atoms with van der Waals surface area (Å²) in [6.07, 6.45) is 5.13. The molecule has 1 heterocycles. The highest BCUT2D eigenvalue weighted by atomic mass is 15.2. The molecule has 12 heavy (non-hydrogen) atoms. The molecule has 2 nitrogen and oxygen atoms in total. The summed E-state index contributed by atoms with van der Waals surface area (Å²) < 4.78 is 1.84. The van der Waals surface area contributed by atoms with Crippen molar-refractivity contribution in [2.75, 3.05) is 0 Å². The predicted molar refractivity (Wildman–Crippen MR) is 53.1 cm³/mol. The summed E-state index contributed by atoms with van der Waals surface area (Å²) in [5.74, 6) is 0.726. The number of hydrogen-bond acceptors (Lipinski definition) is 1. The second kappa shape index (κ2) is 5.81. The molecule has 0 aromatic carbocycles. The van der Waals surface area contributed by atoms with Crippen molar-refractivity contribution < 1.29 is 0 Å². The van der Waals surface area contributed by atoms with Gasteiger partial charge in [0.25, 0.3) is 0 Å². The summed E-state index contributed by atoms with van der Waals surface area (Å²) in [6, 6.07) is 0. The van der Waals surface area contributed by atoms with Crippen LogP contribution in [0, 0.1) is 5.92 Å². The minimum atomic E-state index is 0.726. The molecule has 1 aromatic heterocycles. The van der Waals surface area contributed by atoms with Gasteiger partial charge >= 0.3 is 0 Å². The fourth-order valence-electron chi connectivity index (χ4n) is 1.05. The molecule has 0 bridgehead atoms. The lowest BCUT2D eigenvalue weighted by Crippen LogP contribution is -1.91. The highest BCUT2D eigenvalue weighted by Crippen LogP contribution is 2.05. The van der Waals surface area contributed by atoms with Crippen molar-refractivity contribution in [1.29, 1.82) is 0 Å². The molecular weight excluding hydrogens is 148 g/mol. The van der Waals surface area contributed by atoms with E-state index < -0.39 is 0 Å². The van der Waals surface area contributed by atoms with Gasteiger partial charge in [0.05, 0.1) is 6.20 Å². The third-order valence-corrected chi connectivity index (χ3v) is 1.40. The first-order valence-corrected chi connectivity index (χ1v) is 4.66. The molecule has 0 N–H and O–H groups in total. The van der Waals surface area contributed by atoms with E-state index in [-0.39, 0.29) is 0 Å². The van der Waals surface area contributed by atoms with Gasteiger partial charge in [-0.05, 0) is 17.9 Å². The van der Waals surface area contributed by atoms with E-state index in [9.17, 15) is 0 Å². The van der Waals surface area contributed by atoms with E-state index >= 15 is 0 Å². The van der Waals surface area contributed by atoms with Gasteiger partial charge in [-0.15, -0.1) is 0 Å². The zero-order valence-corrected chi connectivity index (χ0v) is 8.83. The Labute approximate surface area is 75.6 Å². The lowest BCUT2D eigenvalue weighted by molar-refractivity contribution is 0.646. The van der Waals surface area contributed by atoms with Crippen LogP contribution in [0.1, 0.15) is 33.3 Å². The molecule has 0 amide bonds. The maximum Gasteiger partial charge on any atom is 0.0521 e. The first-order valence-electron chi connectivity index (χ1n) is 4.66. The van der Waals surface area contributed by atoms with E-state index in [1.54, 1.807) is 0 Å². The van der Waals surface area contributed by atoms with Crippen LogP contribution in [-0.4, -0.2) is 9.78 Å². The van der Waals surface area contributed by atoms with Gasteiger partial charge in [0.15, 0.2) is 0 Å². The van der Waals surface area contributed by atoms with Crippen molar-refractivity contribution in [1.82, 2.24) is 9.78 Å². The molecule has 0 aliphatic rings. The van der Waals surface area contributed by atoms with Crippen molar-refractivity contribution in [2.24, 2.45) is 13.0 Å². The van der Waals surface area contributed by atoms with Gasteiger partial charge in [0, 0.05) is 13.2 Å². The molecule has 1 aromatic rings. The Morgan fingerprint density at radius 3 is 2.33 bits per heavy atom.